The summed E-state index contributed by atoms with van der Waals surface area (Å²) < 4.78 is 13.3. The Morgan fingerprint density at radius 1 is 1.06 bits per heavy atom. The van der Waals surface area contributed by atoms with Crippen LogP contribution in [0.5, 0.6) is 0 Å². The van der Waals surface area contributed by atoms with E-state index < -0.39 is 5.79 Å². The van der Waals surface area contributed by atoms with E-state index in [1.54, 1.807) is 17.0 Å². The van der Waals surface area contributed by atoms with Gasteiger partial charge in [0.2, 0.25) is 0 Å². The van der Waals surface area contributed by atoms with E-state index in [9.17, 15) is 4.79 Å². The molecule has 2 aliphatic carbocycles. The number of carbonyl (C=O) groups excluding carboxylic acids is 1. The first-order valence-corrected chi connectivity index (χ1v) is 11.5. The molecule has 34 heavy (non-hydrogen) atoms. The molecule has 1 saturated heterocycles. The molecule has 4 aliphatic rings. The maximum atomic E-state index is 13.1. The first kappa shape index (κ1) is 24.6. The van der Waals surface area contributed by atoms with Gasteiger partial charge in [-0.15, -0.1) is 5.10 Å². The number of anilines is 1. The minimum atomic E-state index is -1.35. The Bertz CT molecular complexity index is 1130. The second-order valence-corrected chi connectivity index (χ2v) is 8.52. The van der Waals surface area contributed by atoms with Crippen LogP contribution in [0.1, 0.15) is 30.0 Å². The van der Waals surface area contributed by atoms with Crippen LogP contribution in [0.2, 0.25) is 5.02 Å². The van der Waals surface area contributed by atoms with E-state index in [4.69, 9.17) is 21.1 Å². The summed E-state index contributed by atoms with van der Waals surface area (Å²) in [5.74, 6) is -1.34. The summed E-state index contributed by atoms with van der Waals surface area (Å²) in [5, 5.41) is 8.99. The van der Waals surface area contributed by atoms with E-state index in [-0.39, 0.29) is 28.9 Å². The first-order chi connectivity index (χ1) is 16.2. The van der Waals surface area contributed by atoms with Gasteiger partial charge in [-0.3, -0.25) is 9.48 Å². The van der Waals surface area contributed by atoms with Crippen molar-refractivity contribution in [3.63, 3.8) is 0 Å². The normalized spacial score (nSPS) is 19.1. The van der Waals surface area contributed by atoms with Gasteiger partial charge in [-0.1, -0.05) is 65.4 Å². The molecule has 0 atom stereocenters. The van der Waals surface area contributed by atoms with Crippen LogP contribution in [0.25, 0.3) is 0 Å². The van der Waals surface area contributed by atoms with Gasteiger partial charge < -0.3 is 14.4 Å². The van der Waals surface area contributed by atoms with Crippen LogP contribution in [0, 0.1) is 0 Å². The van der Waals surface area contributed by atoms with Gasteiger partial charge in [0.15, 0.2) is 0 Å². The van der Waals surface area contributed by atoms with Crippen LogP contribution in [0.3, 0.4) is 0 Å². The van der Waals surface area contributed by atoms with Crippen molar-refractivity contribution < 1.29 is 31.3 Å². The van der Waals surface area contributed by atoms with Crippen molar-refractivity contribution in [1.29, 1.82) is 0 Å². The zero-order chi connectivity index (χ0) is 22.7. The molecule has 0 saturated carbocycles. The molecule has 1 amide bonds. The zero-order valence-corrected chi connectivity index (χ0v) is 20.4. The number of aryl methyl sites for hydroxylation is 1. The molecule has 3 heterocycles. The van der Waals surface area contributed by atoms with Gasteiger partial charge in [0.05, 0.1) is 24.6 Å². The molecule has 1 aromatic heterocycles. The molecule has 9 heteroatoms. The number of hydrogen-bond acceptors (Lipinski definition) is 5. The third-order valence-electron chi connectivity index (χ3n) is 5.89. The summed E-state index contributed by atoms with van der Waals surface area (Å²) in [6.07, 6.45) is 20.4. The molecule has 6 rings (SSSR count). The molecular weight excluding hydrogens is 496 g/mol. The zero-order valence-electron chi connectivity index (χ0n) is 18.5. The third kappa shape index (κ3) is 4.83. The molecule has 2 aliphatic heterocycles. The van der Waals surface area contributed by atoms with Crippen LogP contribution < -0.4 is 4.90 Å². The quantitative estimate of drug-likeness (QED) is 0.551. The summed E-state index contributed by atoms with van der Waals surface area (Å²) in [5.41, 5.74) is 2.40. The largest absolute Gasteiger partial charge is 2.00 e. The number of benzene rings is 1. The number of rotatable bonds is 5. The number of nitrogens with zero attached hydrogens (tertiary/aromatic N) is 4. The van der Waals surface area contributed by atoms with Crippen molar-refractivity contribution in [2.24, 2.45) is 0 Å². The Morgan fingerprint density at radius 2 is 1.79 bits per heavy atom. The number of allylic oxidation sites excluding steroid dienone is 8. The van der Waals surface area contributed by atoms with Gasteiger partial charge in [-0.25, -0.2) is 0 Å². The number of halogens is 1. The van der Waals surface area contributed by atoms with Crippen LogP contribution >= 0.6 is 11.6 Å². The SMILES string of the molecule is C1=CCC=C1.O=C1N(CCCn2cc(C3C=CC=C3)nn2)c2ccc(Cl)cc2C12OCCO2.[Fe+2]. The van der Waals surface area contributed by atoms with Gasteiger partial charge in [-0.05, 0) is 31.0 Å². The van der Waals surface area contributed by atoms with E-state index in [1.807, 2.05) is 29.1 Å². The smallest absolute Gasteiger partial charge is 0.336 e. The predicted octanol–water partition coefficient (Wildman–Crippen LogP) is 4.28. The van der Waals surface area contributed by atoms with Crippen molar-refractivity contribution in [2.75, 3.05) is 24.7 Å². The summed E-state index contributed by atoms with van der Waals surface area (Å²) >= 11 is 6.15. The fourth-order valence-electron chi connectivity index (χ4n) is 4.31. The molecule has 0 radical (unpaired) electrons. The van der Waals surface area contributed by atoms with Crippen LogP contribution in [-0.2, 0) is 43.7 Å². The Kier molecular flexibility index (Phi) is 7.86. The van der Waals surface area contributed by atoms with Crippen molar-refractivity contribution in [2.45, 2.75) is 31.1 Å². The Labute approximate surface area is 214 Å². The van der Waals surface area contributed by atoms with Gasteiger partial charge in [-0.2, -0.15) is 0 Å². The molecular formula is C25H25ClFeN4O3+2. The molecule has 1 spiro atoms. The Balaban J connectivity index is 0.000000407. The number of aromatic nitrogens is 3. The van der Waals surface area contributed by atoms with Gasteiger partial charge in [0, 0.05) is 35.8 Å². The van der Waals surface area contributed by atoms with E-state index in [1.165, 1.54) is 0 Å². The Hall–Kier alpha value is -2.48. The fraction of sp³-hybridized carbons (Fsp3) is 0.320. The fourth-order valence-corrected chi connectivity index (χ4v) is 4.48. The molecule has 1 aromatic carbocycles. The van der Waals surface area contributed by atoms with Crippen LogP contribution in [0.15, 0.2) is 73.0 Å². The number of hydrogen-bond donors (Lipinski definition) is 0. The molecule has 1 fully saturated rings. The molecule has 0 bridgehead atoms. The van der Waals surface area contributed by atoms with Crippen LogP contribution in [-0.4, -0.2) is 40.7 Å². The van der Waals surface area contributed by atoms with E-state index in [0.717, 1.165) is 24.2 Å². The average Bonchev–Trinajstić information content (AvgIpc) is 3.66. The second kappa shape index (κ2) is 10.8. The maximum absolute atomic E-state index is 13.1. The summed E-state index contributed by atoms with van der Waals surface area (Å²) in [6, 6.07) is 5.38. The molecule has 0 unspecified atom stereocenters. The topological polar surface area (TPSA) is 69.5 Å². The average molecular weight is 521 g/mol. The van der Waals surface area contributed by atoms with E-state index >= 15 is 0 Å². The minimum Gasteiger partial charge on any atom is -0.336 e. The molecule has 7 nitrogen and oxygen atoms in total. The minimum absolute atomic E-state index is 0. The number of fused-ring (bicyclic) bond motifs is 2. The van der Waals surface area contributed by atoms with E-state index in [2.05, 4.69) is 46.8 Å². The van der Waals surface area contributed by atoms with Gasteiger partial charge in [0.1, 0.15) is 0 Å². The number of ether oxygens (including phenoxy) is 2. The van der Waals surface area contributed by atoms with Gasteiger partial charge >= 0.3 is 17.1 Å². The van der Waals surface area contributed by atoms with Crippen LogP contribution in [0.4, 0.5) is 5.69 Å². The molecule has 176 valence electrons. The molecule has 0 N–H and O–H groups in total. The van der Waals surface area contributed by atoms with Crippen molar-refractivity contribution in [3.8, 4) is 0 Å². The predicted molar refractivity (Wildman–Crippen MR) is 126 cm³/mol. The summed E-state index contributed by atoms with van der Waals surface area (Å²) in [7, 11) is 0. The van der Waals surface area contributed by atoms with Gasteiger partial charge in [0.25, 0.3) is 11.7 Å². The van der Waals surface area contributed by atoms with E-state index in [0.29, 0.717) is 36.9 Å². The van der Waals surface area contributed by atoms with Crippen molar-refractivity contribution in [1.82, 2.24) is 15.0 Å². The second-order valence-electron chi connectivity index (χ2n) is 8.08. The maximum Gasteiger partial charge on any atom is 2.00 e. The Morgan fingerprint density at radius 3 is 2.47 bits per heavy atom. The monoisotopic (exact) mass is 520 g/mol. The number of carbonyl (C=O) groups is 1. The summed E-state index contributed by atoms with van der Waals surface area (Å²) in [6.45, 7) is 1.96. The van der Waals surface area contributed by atoms with Crippen molar-refractivity contribution in [3.05, 3.63) is 89.3 Å². The summed E-state index contributed by atoms with van der Waals surface area (Å²) in [4.78, 5) is 14.8. The standard InChI is InChI=1S/C20H19ClN4O3.C5H6.Fe/c21-15-6-7-18-16(12-15)20(27-10-11-28-20)19(26)25(18)9-3-8-24-13-17(22-23-24)14-4-1-2-5-14;1-2-4-5-3-1;/h1-2,4-7,12-14H,3,8-11H2;1-4H,5H2;/q;;+2. The van der Waals surface area contributed by atoms with Crippen molar-refractivity contribution >= 4 is 23.2 Å². The first-order valence-electron chi connectivity index (χ1n) is 11.1. The number of amides is 1. The molecule has 2 aromatic rings. The third-order valence-corrected chi connectivity index (χ3v) is 6.13.